The Hall–Kier alpha value is -1.66. The van der Waals surface area contributed by atoms with E-state index in [4.69, 9.17) is 11.6 Å². The molecule has 2 aromatic rings. The first-order valence-corrected chi connectivity index (χ1v) is 7.72. The molecule has 0 fully saturated rings. The smallest absolute Gasteiger partial charge is 0.254 e. The van der Waals surface area contributed by atoms with Gasteiger partial charge in [0.2, 0.25) is 0 Å². The summed E-state index contributed by atoms with van der Waals surface area (Å²) in [6, 6.07) is 5.09. The SMILES string of the molecule is CCNc1nccc(C(=O)NCCc2ccc(Cl)s2)c1F. The second kappa shape index (κ2) is 7.38. The summed E-state index contributed by atoms with van der Waals surface area (Å²) in [6.07, 6.45) is 2.07. The van der Waals surface area contributed by atoms with Crippen LogP contribution in [0.25, 0.3) is 0 Å². The minimum absolute atomic E-state index is 0.00911. The van der Waals surface area contributed by atoms with Crippen molar-refractivity contribution in [3.05, 3.63) is 45.0 Å². The van der Waals surface area contributed by atoms with E-state index in [0.717, 1.165) is 4.88 Å². The van der Waals surface area contributed by atoms with Gasteiger partial charge in [-0.05, 0) is 31.5 Å². The van der Waals surface area contributed by atoms with Crippen molar-refractivity contribution in [1.29, 1.82) is 0 Å². The van der Waals surface area contributed by atoms with Gasteiger partial charge in [-0.3, -0.25) is 4.79 Å². The van der Waals surface area contributed by atoms with Crippen LogP contribution in [0, 0.1) is 5.82 Å². The molecule has 21 heavy (non-hydrogen) atoms. The lowest BCUT2D eigenvalue weighted by molar-refractivity contribution is 0.0950. The first kappa shape index (κ1) is 15.7. The molecule has 0 unspecified atom stereocenters. The fourth-order valence-electron chi connectivity index (χ4n) is 1.79. The van der Waals surface area contributed by atoms with Gasteiger partial charge in [0.25, 0.3) is 5.91 Å². The zero-order valence-electron chi connectivity index (χ0n) is 11.5. The molecule has 0 aliphatic carbocycles. The number of rotatable bonds is 6. The van der Waals surface area contributed by atoms with E-state index in [1.165, 1.54) is 23.6 Å². The topological polar surface area (TPSA) is 54.0 Å². The Bertz CT molecular complexity index is 632. The van der Waals surface area contributed by atoms with Gasteiger partial charge < -0.3 is 10.6 Å². The lowest BCUT2D eigenvalue weighted by atomic mass is 10.2. The van der Waals surface area contributed by atoms with Gasteiger partial charge in [-0.2, -0.15) is 0 Å². The van der Waals surface area contributed by atoms with Crippen LogP contribution in [0.4, 0.5) is 10.2 Å². The first-order chi connectivity index (χ1) is 10.1. The molecule has 2 aromatic heterocycles. The number of carbonyl (C=O) groups is 1. The number of carbonyl (C=O) groups excluding carboxylic acids is 1. The molecule has 2 rings (SSSR count). The fraction of sp³-hybridized carbons (Fsp3) is 0.286. The maximum absolute atomic E-state index is 14.1. The molecule has 4 nitrogen and oxygen atoms in total. The van der Waals surface area contributed by atoms with Gasteiger partial charge in [0, 0.05) is 24.2 Å². The fourth-order valence-corrected chi connectivity index (χ4v) is 2.88. The van der Waals surface area contributed by atoms with Crippen LogP contribution in [-0.2, 0) is 6.42 Å². The van der Waals surface area contributed by atoms with Crippen LogP contribution < -0.4 is 10.6 Å². The molecule has 0 aromatic carbocycles. The third-order valence-electron chi connectivity index (χ3n) is 2.76. The van der Waals surface area contributed by atoms with Crippen LogP contribution in [0.1, 0.15) is 22.2 Å². The van der Waals surface area contributed by atoms with E-state index in [-0.39, 0.29) is 11.4 Å². The Morgan fingerprint density at radius 1 is 1.43 bits per heavy atom. The van der Waals surface area contributed by atoms with E-state index >= 15 is 0 Å². The normalized spacial score (nSPS) is 10.4. The highest BCUT2D eigenvalue weighted by Gasteiger charge is 2.15. The number of nitrogens with one attached hydrogen (secondary N) is 2. The number of aromatic nitrogens is 1. The number of pyridine rings is 1. The second-order valence-electron chi connectivity index (χ2n) is 4.26. The van der Waals surface area contributed by atoms with E-state index < -0.39 is 11.7 Å². The highest BCUT2D eigenvalue weighted by molar-refractivity contribution is 7.16. The van der Waals surface area contributed by atoms with Crippen molar-refractivity contribution >= 4 is 34.7 Å². The zero-order valence-corrected chi connectivity index (χ0v) is 13.0. The van der Waals surface area contributed by atoms with Gasteiger partial charge in [-0.1, -0.05) is 11.6 Å². The third-order valence-corrected chi connectivity index (χ3v) is 4.05. The van der Waals surface area contributed by atoms with Crippen LogP contribution in [0.3, 0.4) is 0 Å². The first-order valence-electron chi connectivity index (χ1n) is 6.52. The standard InChI is InChI=1S/C14H15ClFN3OS/c1-2-17-13-12(16)10(6-8-18-13)14(20)19-7-5-9-3-4-11(15)21-9/h3-4,6,8H,2,5,7H2,1H3,(H,17,18)(H,19,20). The number of halogens is 2. The highest BCUT2D eigenvalue weighted by atomic mass is 35.5. The van der Waals surface area contributed by atoms with Crippen LogP contribution >= 0.6 is 22.9 Å². The molecule has 1 amide bonds. The molecule has 0 saturated carbocycles. The third kappa shape index (κ3) is 4.15. The number of anilines is 1. The summed E-state index contributed by atoms with van der Waals surface area (Å²) < 4.78 is 14.8. The van der Waals surface area contributed by atoms with Crippen LogP contribution in [0.5, 0.6) is 0 Å². The summed E-state index contributed by atoms with van der Waals surface area (Å²) in [6.45, 7) is 2.79. The van der Waals surface area contributed by atoms with Crippen molar-refractivity contribution in [3.63, 3.8) is 0 Å². The Morgan fingerprint density at radius 3 is 2.90 bits per heavy atom. The maximum Gasteiger partial charge on any atom is 0.254 e. The zero-order chi connectivity index (χ0) is 15.2. The lowest BCUT2D eigenvalue weighted by Crippen LogP contribution is -2.26. The molecule has 0 bridgehead atoms. The molecule has 0 spiro atoms. The minimum Gasteiger partial charge on any atom is -0.368 e. The van der Waals surface area contributed by atoms with Gasteiger partial charge in [0.05, 0.1) is 9.90 Å². The van der Waals surface area contributed by atoms with Crippen molar-refractivity contribution in [2.24, 2.45) is 0 Å². The predicted molar refractivity (Wildman–Crippen MR) is 83.7 cm³/mol. The van der Waals surface area contributed by atoms with Crippen molar-refractivity contribution < 1.29 is 9.18 Å². The molecule has 2 N–H and O–H groups in total. The van der Waals surface area contributed by atoms with E-state index in [0.29, 0.717) is 23.8 Å². The Balaban J connectivity index is 1.95. The number of hydrogen-bond acceptors (Lipinski definition) is 4. The quantitative estimate of drug-likeness (QED) is 0.855. The lowest BCUT2D eigenvalue weighted by Gasteiger charge is -2.08. The number of nitrogens with zero attached hydrogens (tertiary/aromatic N) is 1. The molecular weight excluding hydrogens is 313 g/mol. The van der Waals surface area contributed by atoms with Crippen LogP contribution in [-0.4, -0.2) is 24.0 Å². The summed E-state index contributed by atoms with van der Waals surface area (Å²) in [5.74, 6) is -0.983. The molecule has 0 aliphatic rings. The second-order valence-corrected chi connectivity index (χ2v) is 6.06. The molecule has 0 saturated heterocycles. The van der Waals surface area contributed by atoms with Gasteiger partial charge in [0.15, 0.2) is 11.6 Å². The van der Waals surface area contributed by atoms with Gasteiger partial charge in [-0.15, -0.1) is 11.3 Å². The van der Waals surface area contributed by atoms with Crippen LogP contribution in [0.2, 0.25) is 4.34 Å². The number of thiophene rings is 1. The largest absolute Gasteiger partial charge is 0.368 e. The Labute approximate surface area is 131 Å². The molecule has 2 heterocycles. The minimum atomic E-state index is -0.629. The van der Waals surface area contributed by atoms with Gasteiger partial charge in [0.1, 0.15) is 0 Å². The molecular formula is C14H15ClFN3OS. The number of amides is 1. The summed E-state index contributed by atoms with van der Waals surface area (Å²) in [5.41, 5.74) is -0.00911. The van der Waals surface area contributed by atoms with Gasteiger partial charge >= 0.3 is 0 Å². The predicted octanol–water partition coefficient (Wildman–Crippen LogP) is 3.34. The highest BCUT2D eigenvalue weighted by Crippen LogP contribution is 2.21. The molecule has 112 valence electrons. The maximum atomic E-state index is 14.1. The van der Waals surface area contributed by atoms with Crippen LogP contribution in [0.15, 0.2) is 24.4 Å². The van der Waals surface area contributed by atoms with Crippen molar-refractivity contribution in [3.8, 4) is 0 Å². The van der Waals surface area contributed by atoms with Crippen molar-refractivity contribution in [2.45, 2.75) is 13.3 Å². The van der Waals surface area contributed by atoms with Gasteiger partial charge in [-0.25, -0.2) is 9.37 Å². The van der Waals surface area contributed by atoms with E-state index in [2.05, 4.69) is 15.6 Å². The molecule has 7 heteroatoms. The average Bonchev–Trinajstić information content (AvgIpc) is 2.87. The van der Waals surface area contributed by atoms with Crippen molar-refractivity contribution in [2.75, 3.05) is 18.4 Å². The summed E-state index contributed by atoms with van der Waals surface area (Å²) in [7, 11) is 0. The molecule has 0 radical (unpaired) electrons. The Kier molecular flexibility index (Phi) is 5.52. The Morgan fingerprint density at radius 2 is 2.24 bits per heavy atom. The summed E-state index contributed by atoms with van der Waals surface area (Å²) in [4.78, 5) is 16.9. The molecule has 0 aliphatic heterocycles. The van der Waals surface area contributed by atoms with E-state index in [9.17, 15) is 9.18 Å². The summed E-state index contributed by atoms with van der Waals surface area (Å²) >= 11 is 7.30. The monoisotopic (exact) mass is 327 g/mol. The number of hydrogen-bond donors (Lipinski definition) is 2. The average molecular weight is 328 g/mol. The molecule has 0 atom stereocenters. The van der Waals surface area contributed by atoms with E-state index in [1.54, 1.807) is 0 Å². The summed E-state index contributed by atoms with van der Waals surface area (Å²) in [5, 5.41) is 5.47. The van der Waals surface area contributed by atoms with Crippen molar-refractivity contribution in [1.82, 2.24) is 10.3 Å². The van der Waals surface area contributed by atoms with E-state index in [1.807, 2.05) is 19.1 Å².